The summed E-state index contributed by atoms with van der Waals surface area (Å²) in [6.07, 6.45) is 0. The minimum atomic E-state index is -3.73. The third-order valence-electron chi connectivity index (χ3n) is 4.38. The minimum Gasteiger partial charge on any atom is -0.423 e. The van der Waals surface area contributed by atoms with E-state index in [9.17, 15) is 18.0 Å². The molecule has 0 amide bonds. The van der Waals surface area contributed by atoms with E-state index in [4.69, 9.17) is 4.74 Å². The molecule has 0 aliphatic rings. The second-order valence-corrected chi connectivity index (χ2v) is 8.76. The van der Waals surface area contributed by atoms with Crippen molar-refractivity contribution in [2.24, 2.45) is 0 Å². The number of aryl methyl sites for hydroxylation is 2. The first kappa shape index (κ1) is 20.5. The first-order valence-electron chi connectivity index (χ1n) is 8.96. The molecule has 0 aromatic heterocycles. The van der Waals surface area contributed by atoms with Crippen LogP contribution in [-0.2, 0) is 9.84 Å². The number of ketones is 1. The number of carbonyl (C=O) groups is 2. The summed E-state index contributed by atoms with van der Waals surface area (Å²) in [5.41, 5.74) is 2.62. The smallest absolute Gasteiger partial charge is 0.343 e. The van der Waals surface area contributed by atoms with Crippen LogP contribution in [0.5, 0.6) is 5.75 Å². The fourth-order valence-electron chi connectivity index (χ4n) is 2.65. The highest BCUT2D eigenvalue weighted by Gasteiger charge is 2.20. The third kappa shape index (κ3) is 5.18. The number of Topliss-reactive ketones (excluding diaryl/α,β-unsaturated/α-hetero) is 1. The zero-order chi connectivity index (χ0) is 21.0. The van der Waals surface area contributed by atoms with Crippen LogP contribution in [0.25, 0.3) is 0 Å². The largest absolute Gasteiger partial charge is 0.423 e. The number of carbonyl (C=O) groups excluding carboxylic acids is 2. The van der Waals surface area contributed by atoms with Gasteiger partial charge in [0.25, 0.3) is 0 Å². The quantitative estimate of drug-likeness (QED) is 0.347. The Balaban J connectivity index is 1.67. The van der Waals surface area contributed by atoms with Crippen LogP contribution in [0.2, 0.25) is 0 Å². The van der Waals surface area contributed by atoms with E-state index in [1.165, 1.54) is 36.4 Å². The van der Waals surface area contributed by atoms with Crippen molar-refractivity contribution in [3.05, 3.63) is 95.1 Å². The number of benzene rings is 3. The van der Waals surface area contributed by atoms with Crippen LogP contribution in [-0.4, -0.2) is 25.9 Å². The second-order valence-electron chi connectivity index (χ2n) is 6.78. The number of hydrogen-bond donors (Lipinski definition) is 0. The van der Waals surface area contributed by atoms with Gasteiger partial charge >= 0.3 is 5.97 Å². The van der Waals surface area contributed by atoms with Crippen LogP contribution in [0, 0.1) is 13.8 Å². The summed E-state index contributed by atoms with van der Waals surface area (Å²) in [5, 5.41) is 0. The van der Waals surface area contributed by atoms with Crippen molar-refractivity contribution in [2.45, 2.75) is 18.7 Å². The van der Waals surface area contributed by atoms with E-state index in [0.717, 1.165) is 11.1 Å². The van der Waals surface area contributed by atoms with Crippen molar-refractivity contribution < 1.29 is 22.7 Å². The summed E-state index contributed by atoms with van der Waals surface area (Å²) < 4.78 is 30.1. The molecule has 3 aromatic rings. The summed E-state index contributed by atoms with van der Waals surface area (Å²) in [6.45, 7) is 3.78. The molecular formula is C23H20O5S. The van der Waals surface area contributed by atoms with Gasteiger partial charge in [-0.2, -0.15) is 0 Å². The van der Waals surface area contributed by atoms with Gasteiger partial charge in [-0.05, 0) is 62.4 Å². The molecular weight excluding hydrogens is 388 g/mol. The van der Waals surface area contributed by atoms with Gasteiger partial charge in [-0.25, -0.2) is 13.2 Å². The summed E-state index contributed by atoms with van der Waals surface area (Å²) in [7, 11) is -3.73. The predicted octanol–water partition coefficient (Wildman–Crippen LogP) is 4.18. The number of hydrogen-bond acceptors (Lipinski definition) is 5. The summed E-state index contributed by atoms with van der Waals surface area (Å²) in [5.74, 6) is -1.39. The van der Waals surface area contributed by atoms with Gasteiger partial charge in [-0.15, -0.1) is 0 Å². The lowest BCUT2D eigenvalue weighted by molar-refractivity contribution is 0.0734. The van der Waals surface area contributed by atoms with Crippen LogP contribution in [0.3, 0.4) is 0 Å². The molecule has 0 saturated heterocycles. The maximum Gasteiger partial charge on any atom is 0.343 e. The maximum atomic E-state index is 12.4. The van der Waals surface area contributed by atoms with Crippen LogP contribution < -0.4 is 4.74 Å². The second kappa shape index (κ2) is 8.41. The van der Waals surface area contributed by atoms with Crippen molar-refractivity contribution in [3.63, 3.8) is 0 Å². The molecule has 5 nitrogen and oxygen atoms in total. The van der Waals surface area contributed by atoms with Gasteiger partial charge in [-0.1, -0.05) is 35.4 Å². The summed E-state index contributed by atoms with van der Waals surface area (Å²) >= 11 is 0. The standard InChI is InChI=1S/C23H20O5S/c1-16-3-7-19(8-4-16)23(25)28-20-11-9-18(10-12-20)22(24)15-29(26,27)21-13-5-17(2)6-14-21/h3-14H,15H2,1-2H3. The highest BCUT2D eigenvalue weighted by atomic mass is 32.2. The lowest BCUT2D eigenvalue weighted by Gasteiger charge is -2.07. The van der Waals surface area contributed by atoms with E-state index >= 15 is 0 Å². The highest BCUT2D eigenvalue weighted by Crippen LogP contribution is 2.18. The van der Waals surface area contributed by atoms with Gasteiger partial charge in [0.15, 0.2) is 15.6 Å². The topological polar surface area (TPSA) is 77.5 Å². The monoisotopic (exact) mass is 408 g/mol. The van der Waals surface area contributed by atoms with Gasteiger partial charge in [0.2, 0.25) is 0 Å². The lowest BCUT2D eigenvalue weighted by atomic mass is 10.1. The molecule has 0 heterocycles. The molecule has 0 unspecified atom stereocenters. The van der Waals surface area contributed by atoms with E-state index < -0.39 is 27.3 Å². The number of sulfone groups is 1. The van der Waals surface area contributed by atoms with Crippen LogP contribution >= 0.6 is 0 Å². The van der Waals surface area contributed by atoms with Crippen molar-refractivity contribution in [3.8, 4) is 5.75 Å². The van der Waals surface area contributed by atoms with E-state index in [0.29, 0.717) is 5.56 Å². The molecule has 0 aliphatic carbocycles. The molecule has 0 aliphatic heterocycles. The van der Waals surface area contributed by atoms with Gasteiger partial charge in [-0.3, -0.25) is 4.79 Å². The Morgan fingerprint density at radius 1 is 0.724 bits per heavy atom. The molecule has 0 spiro atoms. The molecule has 0 fully saturated rings. The molecule has 0 bridgehead atoms. The molecule has 0 N–H and O–H groups in total. The Labute approximate surface area is 169 Å². The molecule has 148 valence electrons. The van der Waals surface area contributed by atoms with E-state index in [2.05, 4.69) is 0 Å². The molecule has 29 heavy (non-hydrogen) atoms. The molecule has 0 saturated carbocycles. The fourth-order valence-corrected chi connectivity index (χ4v) is 3.88. The Kier molecular flexibility index (Phi) is 5.94. The van der Waals surface area contributed by atoms with Gasteiger partial charge in [0.1, 0.15) is 11.5 Å². The Hall–Kier alpha value is -3.25. The van der Waals surface area contributed by atoms with Crippen molar-refractivity contribution in [1.29, 1.82) is 0 Å². The Morgan fingerprint density at radius 3 is 1.76 bits per heavy atom. The molecule has 0 radical (unpaired) electrons. The van der Waals surface area contributed by atoms with Crippen molar-refractivity contribution >= 4 is 21.6 Å². The molecule has 3 rings (SSSR count). The summed E-state index contributed by atoms with van der Waals surface area (Å²) in [6, 6.07) is 19.2. The van der Waals surface area contributed by atoms with Crippen LogP contribution in [0.4, 0.5) is 0 Å². The average molecular weight is 408 g/mol. The highest BCUT2D eigenvalue weighted by molar-refractivity contribution is 7.92. The molecule has 3 aromatic carbocycles. The predicted molar refractivity (Wildman–Crippen MR) is 110 cm³/mol. The average Bonchev–Trinajstić information content (AvgIpc) is 2.69. The van der Waals surface area contributed by atoms with Gasteiger partial charge < -0.3 is 4.74 Å². The zero-order valence-electron chi connectivity index (χ0n) is 16.1. The zero-order valence-corrected chi connectivity index (χ0v) is 16.9. The minimum absolute atomic E-state index is 0.111. The van der Waals surface area contributed by atoms with E-state index in [1.54, 1.807) is 24.3 Å². The third-order valence-corrected chi connectivity index (χ3v) is 6.01. The van der Waals surface area contributed by atoms with E-state index in [1.807, 2.05) is 26.0 Å². The van der Waals surface area contributed by atoms with Crippen molar-refractivity contribution in [2.75, 3.05) is 5.75 Å². The Morgan fingerprint density at radius 2 is 1.21 bits per heavy atom. The van der Waals surface area contributed by atoms with Gasteiger partial charge in [0, 0.05) is 5.56 Å². The maximum absolute atomic E-state index is 12.4. The Bertz CT molecular complexity index is 1130. The van der Waals surface area contributed by atoms with Gasteiger partial charge in [0.05, 0.1) is 10.5 Å². The normalized spacial score (nSPS) is 11.1. The van der Waals surface area contributed by atoms with Crippen LogP contribution in [0.1, 0.15) is 31.8 Å². The fraction of sp³-hybridized carbons (Fsp3) is 0.130. The lowest BCUT2D eigenvalue weighted by Crippen LogP contribution is -2.16. The summed E-state index contributed by atoms with van der Waals surface area (Å²) in [4.78, 5) is 24.7. The van der Waals surface area contributed by atoms with Crippen molar-refractivity contribution in [1.82, 2.24) is 0 Å². The first-order valence-corrected chi connectivity index (χ1v) is 10.6. The molecule has 0 atom stereocenters. The number of esters is 1. The van der Waals surface area contributed by atoms with Crippen LogP contribution in [0.15, 0.2) is 77.7 Å². The molecule has 6 heteroatoms. The van der Waals surface area contributed by atoms with E-state index in [-0.39, 0.29) is 16.2 Å². The number of ether oxygens (including phenoxy) is 1. The first-order chi connectivity index (χ1) is 13.7. The number of rotatable bonds is 6. The SMILES string of the molecule is Cc1ccc(C(=O)Oc2ccc(C(=O)CS(=O)(=O)c3ccc(C)cc3)cc2)cc1.